The van der Waals surface area contributed by atoms with Crippen LogP contribution in [0.1, 0.15) is 0 Å². The molecule has 7 nitrogen and oxygen atoms in total. The van der Waals surface area contributed by atoms with E-state index in [9.17, 15) is 5.11 Å². The zero-order chi connectivity index (χ0) is 16.6. The number of aromatic nitrogens is 3. The van der Waals surface area contributed by atoms with Crippen molar-refractivity contribution >= 4 is 0 Å². The van der Waals surface area contributed by atoms with Gasteiger partial charge < -0.3 is 9.84 Å². The predicted octanol–water partition coefficient (Wildman–Crippen LogP) is 0.336. The second-order valence-corrected chi connectivity index (χ2v) is 6.08. The number of hydrogen-bond donors (Lipinski definition) is 1. The van der Waals surface area contributed by atoms with Crippen LogP contribution < -0.4 is 4.74 Å². The minimum atomic E-state index is -0.466. The van der Waals surface area contributed by atoms with Gasteiger partial charge >= 0.3 is 0 Å². The van der Waals surface area contributed by atoms with Crippen LogP contribution in [0.2, 0.25) is 0 Å². The molecule has 1 aromatic carbocycles. The summed E-state index contributed by atoms with van der Waals surface area (Å²) < 4.78 is 7.47. The molecule has 3 rings (SSSR count). The van der Waals surface area contributed by atoms with E-state index in [1.807, 2.05) is 35.0 Å². The first kappa shape index (κ1) is 16.9. The molecule has 0 spiro atoms. The third kappa shape index (κ3) is 5.30. The number of aliphatic hydroxyl groups excluding tert-OH is 1. The first-order valence-corrected chi connectivity index (χ1v) is 8.42. The molecular formula is C17H25N5O2. The summed E-state index contributed by atoms with van der Waals surface area (Å²) in [5.41, 5.74) is 0. The fourth-order valence-corrected chi connectivity index (χ4v) is 2.85. The van der Waals surface area contributed by atoms with Gasteiger partial charge in [-0.3, -0.25) is 14.5 Å². The van der Waals surface area contributed by atoms with Crippen molar-refractivity contribution in [2.75, 3.05) is 45.9 Å². The first-order valence-electron chi connectivity index (χ1n) is 8.42. The number of ether oxygens (including phenoxy) is 1. The normalized spacial score (nSPS) is 17.7. The number of nitrogens with zero attached hydrogens (tertiary/aromatic N) is 5. The molecule has 1 aliphatic rings. The number of hydrogen-bond acceptors (Lipinski definition) is 6. The van der Waals surface area contributed by atoms with Crippen molar-refractivity contribution in [1.82, 2.24) is 24.6 Å². The van der Waals surface area contributed by atoms with Gasteiger partial charge in [0.15, 0.2) is 0 Å². The van der Waals surface area contributed by atoms with Crippen molar-refractivity contribution in [3.63, 3.8) is 0 Å². The lowest BCUT2D eigenvalue weighted by Crippen LogP contribution is -2.49. The molecule has 24 heavy (non-hydrogen) atoms. The summed E-state index contributed by atoms with van der Waals surface area (Å²) >= 11 is 0. The van der Waals surface area contributed by atoms with Crippen LogP contribution in [0.25, 0.3) is 0 Å². The highest BCUT2D eigenvalue weighted by molar-refractivity contribution is 5.20. The maximum Gasteiger partial charge on any atom is 0.137 e. The van der Waals surface area contributed by atoms with E-state index in [2.05, 4.69) is 19.9 Å². The Kier molecular flexibility index (Phi) is 6.17. The molecule has 0 unspecified atom stereocenters. The van der Waals surface area contributed by atoms with Gasteiger partial charge in [-0.1, -0.05) is 18.2 Å². The van der Waals surface area contributed by atoms with Crippen molar-refractivity contribution in [1.29, 1.82) is 0 Å². The number of aliphatic hydroxyl groups is 1. The summed E-state index contributed by atoms with van der Waals surface area (Å²) in [6.07, 6.45) is 2.85. The third-order valence-electron chi connectivity index (χ3n) is 4.23. The highest BCUT2D eigenvalue weighted by atomic mass is 16.5. The zero-order valence-corrected chi connectivity index (χ0v) is 13.9. The number of piperazine rings is 1. The van der Waals surface area contributed by atoms with Crippen molar-refractivity contribution in [3.8, 4) is 5.75 Å². The second-order valence-electron chi connectivity index (χ2n) is 6.08. The van der Waals surface area contributed by atoms with Crippen LogP contribution in [-0.4, -0.2) is 81.7 Å². The average Bonchev–Trinajstić information content (AvgIpc) is 3.14. The number of rotatable bonds is 8. The van der Waals surface area contributed by atoms with Gasteiger partial charge in [0, 0.05) is 39.3 Å². The highest BCUT2D eigenvalue weighted by Gasteiger charge is 2.19. The summed E-state index contributed by atoms with van der Waals surface area (Å²) in [6, 6.07) is 9.62. The molecule has 1 saturated heterocycles. The first-order chi connectivity index (χ1) is 11.8. The van der Waals surface area contributed by atoms with Crippen LogP contribution in [0.3, 0.4) is 0 Å². The van der Waals surface area contributed by atoms with E-state index in [0.29, 0.717) is 13.2 Å². The second kappa shape index (κ2) is 8.77. The molecule has 0 aliphatic carbocycles. The molecule has 0 radical (unpaired) electrons. The molecule has 1 fully saturated rings. The van der Waals surface area contributed by atoms with Gasteiger partial charge in [0.1, 0.15) is 31.1 Å². The summed E-state index contributed by atoms with van der Waals surface area (Å²) in [6.45, 7) is 6.81. The van der Waals surface area contributed by atoms with Crippen LogP contribution in [-0.2, 0) is 6.54 Å². The van der Waals surface area contributed by atoms with E-state index in [1.165, 1.54) is 0 Å². The Balaban J connectivity index is 1.31. The van der Waals surface area contributed by atoms with Gasteiger partial charge in [0.25, 0.3) is 0 Å². The van der Waals surface area contributed by atoms with Crippen molar-refractivity contribution in [2.24, 2.45) is 0 Å². The lowest BCUT2D eigenvalue weighted by Gasteiger charge is -2.35. The van der Waals surface area contributed by atoms with Crippen molar-refractivity contribution < 1.29 is 9.84 Å². The highest BCUT2D eigenvalue weighted by Crippen LogP contribution is 2.09. The standard InChI is InChI=1S/C17H25N5O2/c23-16(13-24-17-4-2-1-3-5-17)12-21-8-6-20(7-9-21)10-11-22-15-18-14-19-22/h1-5,14-16,23H,6-13H2/t16-/m1/s1. The number of para-hydroxylation sites is 1. The SMILES string of the molecule is O[C@@H](COc1ccccc1)CN1CCN(CCn2cncn2)CC1. The zero-order valence-electron chi connectivity index (χ0n) is 13.9. The molecule has 1 aromatic heterocycles. The summed E-state index contributed by atoms with van der Waals surface area (Å²) in [7, 11) is 0. The lowest BCUT2D eigenvalue weighted by molar-refractivity contribution is 0.0453. The lowest BCUT2D eigenvalue weighted by atomic mass is 10.2. The van der Waals surface area contributed by atoms with E-state index in [0.717, 1.165) is 45.0 Å². The molecule has 1 aliphatic heterocycles. The molecule has 1 atom stereocenters. The molecular weight excluding hydrogens is 306 g/mol. The summed E-state index contributed by atoms with van der Waals surface area (Å²) in [5.74, 6) is 0.800. The van der Waals surface area contributed by atoms with Gasteiger partial charge in [0.2, 0.25) is 0 Å². The molecule has 0 saturated carbocycles. The Morgan fingerprint density at radius 3 is 2.50 bits per heavy atom. The fourth-order valence-electron chi connectivity index (χ4n) is 2.85. The van der Waals surface area contributed by atoms with E-state index in [1.54, 1.807) is 12.7 Å². The fraction of sp³-hybridized carbons (Fsp3) is 0.529. The largest absolute Gasteiger partial charge is 0.491 e. The van der Waals surface area contributed by atoms with Crippen molar-refractivity contribution in [2.45, 2.75) is 12.6 Å². The summed E-state index contributed by atoms with van der Waals surface area (Å²) in [5, 5.41) is 14.3. The van der Waals surface area contributed by atoms with Crippen LogP contribution >= 0.6 is 0 Å². The Bertz CT molecular complexity index is 570. The van der Waals surface area contributed by atoms with E-state index in [-0.39, 0.29) is 0 Å². The third-order valence-corrected chi connectivity index (χ3v) is 4.23. The maximum absolute atomic E-state index is 10.2. The van der Waals surface area contributed by atoms with Crippen LogP contribution in [0.5, 0.6) is 5.75 Å². The molecule has 2 aromatic rings. The smallest absolute Gasteiger partial charge is 0.137 e. The predicted molar refractivity (Wildman–Crippen MR) is 90.8 cm³/mol. The monoisotopic (exact) mass is 331 g/mol. The molecule has 7 heteroatoms. The van der Waals surface area contributed by atoms with E-state index < -0.39 is 6.10 Å². The average molecular weight is 331 g/mol. The molecule has 0 bridgehead atoms. The van der Waals surface area contributed by atoms with E-state index >= 15 is 0 Å². The molecule has 1 N–H and O–H groups in total. The van der Waals surface area contributed by atoms with Gasteiger partial charge in [0.05, 0.1) is 6.54 Å². The quantitative estimate of drug-likeness (QED) is 0.752. The minimum Gasteiger partial charge on any atom is -0.491 e. The maximum atomic E-state index is 10.2. The van der Waals surface area contributed by atoms with Gasteiger partial charge in [-0.05, 0) is 12.1 Å². The number of benzene rings is 1. The molecule has 0 amide bonds. The Morgan fingerprint density at radius 1 is 1.04 bits per heavy atom. The molecule has 2 heterocycles. The summed E-state index contributed by atoms with van der Waals surface area (Å²) in [4.78, 5) is 8.67. The van der Waals surface area contributed by atoms with Crippen LogP contribution in [0.4, 0.5) is 0 Å². The van der Waals surface area contributed by atoms with Crippen LogP contribution in [0, 0.1) is 0 Å². The van der Waals surface area contributed by atoms with E-state index in [4.69, 9.17) is 4.74 Å². The van der Waals surface area contributed by atoms with Gasteiger partial charge in [-0.15, -0.1) is 0 Å². The Hall–Kier alpha value is -1.96. The van der Waals surface area contributed by atoms with Crippen LogP contribution in [0.15, 0.2) is 43.0 Å². The minimum absolute atomic E-state index is 0.330. The van der Waals surface area contributed by atoms with Gasteiger partial charge in [-0.2, -0.15) is 5.10 Å². The Labute approximate surface area is 142 Å². The number of β-amino-alcohol motifs (C(OH)–C–C–N with tert-alkyl or cyclic N) is 1. The van der Waals surface area contributed by atoms with Crippen molar-refractivity contribution in [3.05, 3.63) is 43.0 Å². The molecule has 130 valence electrons. The Morgan fingerprint density at radius 2 is 1.79 bits per heavy atom. The van der Waals surface area contributed by atoms with Gasteiger partial charge in [-0.25, -0.2) is 4.98 Å². The topological polar surface area (TPSA) is 66.7 Å².